The van der Waals surface area contributed by atoms with E-state index in [9.17, 15) is 8.42 Å². The summed E-state index contributed by atoms with van der Waals surface area (Å²) in [6.07, 6.45) is 5.51. The minimum absolute atomic E-state index is 0.257. The van der Waals surface area contributed by atoms with Gasteiger partial charge in [0.05, 0.1) is 10.6 Å². The van der Waals surface area contributed by atoms with Gasteiger partial charge in [-0.25, -0.2) is 8.42 Å². The quantitative estimate of drug-likeness (QED) is 0.669. The predicted molar refractivity (Wildman–Crippen MR) is 97.5 cm³/mol. The highest BCUT2D eigenvalue weighted by molar-refractivity contribution is 7.93. The van der Waals surface area contributed by atoms with Crippen molar-refractivity contribution < 1.29 is 8.42 Å². The smallest absolute Gasteiger partial charge is 0.264 e. The van der Waals surface area contributed by atoms with Crippen LogP contribution in [0.15, 0.2) is 59.5 Å². The number of benzene rings is 2. The zero-order valence-electron chi connectivity index (χ0n) is 13.5. The summed E-state index contributed by atoms with van der Waals surface area (Å²) in [6.45, 7) is 0.257. The molecule has 0 spiro atoms. The van der Waals surface area contributed by atoms with Gasteiger partial charge in [0.15, 0.2) is 0 Å². The SMILES string of the molecule is C#CCn1nc2c(c1-c1ccccc1)N(C)S(=O)(=O)c1ccccc1-2. The molecule has 0 bridgehead atoms. The van der Waals surface area contributed by atoms with Gasteiger partial charge in [0.1, 0.15) is 17.9 Å². The maximum absolute atomic E-state index is 13.0. The lowest BCUT2D eigenvalue weighted by Crippen LogP contribution is -2.30. The Morgan fingerprint density at radius 1 is 1.08 bits per heavy atom. The highest BCUT2D eigenvalue weighted by Gasteiger charge is 2.37. The Bertz CT molecular complexity index is 1110. The van der Waals surface area contributed by atoms with Gasteiger partial charge in [-0.15, -0.1) is 6.42 Å². The molecule has 1 aliphatic rings. The Kier molecular flexibility index (Phi) is 3.41. The summed E-state index contributed by atoms with van der Waals surface area (Å²) in [5.74, 6) is 2.60. The van der Waals surface area contributed by atoms with Crippen LogP contribution in [0, 0.1) is 12.3 Å². The third-order valence-electron chi connectivity index (χ3n) is 4.31. The van der Waals surface area contributed by atoms with Gasteiger partial charge in [-0.3, -0.25) is 8.99 Å². The third-order valence-corrected chi connectivity index (χ3v) is 6.13. The molecule has 0 saturated heterocycles. The van der Waals surface area contributed by atoms with Crippen molar-refractivity contribution in [2.24, 2.45) is 0 Å². The summed E-state index contributed by atoms with van der Waals surface area (Å²) in [4.78, 5) is 0.259. The molecule has 6 heteroatoms. The lowest BCUT2D eigenvalue weighted by molar-refractivity contribution is 0.594. The molecule has 5 nitrogen and oxygen atoms in total. The Morgan fingerprint density at radius 3 is 2.48 bits per heavy atom. The van der Waals surface area contributed by atoms with E-state index in [0.29, 0.717) is 22.6 Å². The lowest BCUT2D eigenvalue weighted by atomic mass is 10.1. The van der Waals surface area contributed by atoms with Crippen LogP contribution in [-0.2, 0) is 16.6 Å². The van der Waals surface area contributed by atoms with Crippen LogP contribution in [0.2, 0.25) is 0 Å². The molecule has 3 aromatic rings. The van der Waals surface area contributed by atoms with E-state index in [2.05, 4.69) is 11.0 Å². The normalized spacial score (nSPS) is 14.5. The Balaban J connectivity index is 2.12. The molecule has 0 saturated carbocycles. The van der Waals surface area contributed by atoms with E-state index >= 15 is 0 Å². The molecule has 0 unspecified atom stereocenters. The van der Waals surface area contributed by atoms with Gasteiger partial charge in [0, 0.05) is 18.2 Å². The second kappa shape index (κ2) is 5.50. The van der Waals surface area contributed by atoms with E-state index in [4.69, 9.17) is 6.42 Å². The highest BCUT2D eigenvalue weighted by Crippen LogP contribution is 2.46. The summed E-state index contributed by atoms with van der Waals surface area (Å²) >= 11 is 0. The number of nitrogens with zero attached hydrogens (tertiary/aromatic N) is 3. The Labute approximate surface area is 146 Å². The summed E-state index contributed by atoms with van der Waals surface area (Å²) in [7, 11) is -2.08. The standard InChI is InChI=1S/C19H15N3O2S/c1-3-13-22-18(14-9-5-4-6-10-14)19-17(20-22)15-11-7-8-12-16(15)25(23,24)21(19)2/h1,4-12H,13H2,2H3. The van der Waals surface area contributed by atoms with Gasteiger partial charge in [-0.2, -0.15) is 5.10 Å². The van der Waals surface area contributed by atoms with Crippen molar-refractivity contribution in [1.82, 2.24) is 9.78 Å². The fourth-order valence-electron chi connectivity index (χ4n) is 3.17. The van der Waals surface area contributed by atoms with Crippen molar-refractivity contribution in [2.45, 2.75) is 11.4 Å². The van der Waals surface area contributed by atoms with Gasteiger partial charge in [0.25, 0.3) is 10.0 Å². The molecule has 2 heterocycles. The minimum atomic E-state index is -3.64. The number of anilines is 1. The van der Waals surface area contributed by atoms with Crippen LogP contribution in [0.4, 0.5) is 5.69 Å². The van der Waals surface area contributed by atoms with Gasteiger partial charge >= 0.3 is 0 Å². The van der Waals surface area contributed by atoms with Crippen LogP contribution in [0.1, 0.15) is 0 Å². The third kappa shape index (κ3) is 2.17. The van der Waals surface area contributed by atoms with E-state index in [1.165, 1.54) is 4.31 Å². The fourth-order valence-corrected chi connectivity index (χ4v) is 4.57. The first-order valence-corrected chi connectivity index (χ1v) is 9.17. The van der Waals surface area contributed by atoms with Crippen molar-refractivity contribution >= 4 is 15.7 Å². The number of rotatable bonds is 2. The number of hydrogen-bond acceptors (Lipinski definition) is 3. The summed E-state index contributed by atoms with van der Waals surface area (Å²) in [5.41, 5.74) is 3.35. The van der Waals surface area contributed by atoms with Crippen molar-refractivity contribution in [3.63, 3.8) is 0 Å². The summed E-state index contributed by atoms with van der Waals surface area (Å²) in [6, 6.07) is 16.5. The minimum Gasteiger partial charge on any atom is -0.265 e. The number of hydrogen-bond donors (Lipinski definition) is 0. The second-order valence-electron chi connectivity index (χ2n) is 5.74. The first kappa shape index (κ1) is 15.5. The van der Waals surface area contributed by atoms with E-state index in [-0.39, 0.29) is 11.4 Å². The number of fused-ring (bicyclic) bond motifs is 3. The molecule has 0 amide bonds. The van der Waals surface area contributed by atoms with Gasteiger partial charge < -0.3 is 0 Å². The van der Waals surface area contributed by atoms with Crippen molar-refractivity contribution in [3.8, 4) is 34.9 Å². The van der Waals surface area contributed by atoms with E-state index in [1.807, 2.05) is 36.4 Å². The maximum atomic E-state index is 13.0. The number of sulfonamides is 1. The molecule has 2 aromatic carbocycles. The van der Waals surface area contributed by atoms with Gasteiger partial charge in [-0.1, -0.05) is 54.5 Å². The van der Waals surface area contributed by atoms with E-state index in [1.54, 1.807) is 29.9 Å². The zero-order valence-corrected chi connectivity index (χ0v) is 14.4. The van der Waals surface area contributed by atoms with E-state index in [0.717, 1.165) is 5.56 Å². The van der Waals surface area contributed by atoms with Gasteiger partial charge in [0.2, 0.25) is 0 Å². The molecule has 0 fully saturated rings. The average Bonchev–Trinajstić information content (AvgIpc) is 3.00. The molecule has 0 radical (unpaired) electrons. The van der Waals surface area contributed by atoms with E-state index < -0.39 is 10.0 Å². The molecular formula is C19H15N3O2S. The zero-order chi connectivity index (χ0) is 17.6. The van der Waals surface area contributed by atoms with Crippen LogP contribution >= 0.6 is 0 Å². The first-order chi connectivity index (χ1) is 12.1. The largest absolute Gasteiger partial charge is 0.265 e. The molecular weight excluding hydrogens is 334 g/mol. The molecule has 1 aliphatic heterocycles. The fraction of sp³-hybridized carbons (Fsp3) is 0.105. The molecule has 1 aromatic heterocycles. The van der Waals surface area contributed by atoms with Crippen LogP contribution < -0.4 is 4.31 Å². The molecule has 124 valence electrons. The van der Waals surface area contributed by atoms with Crippen LogP contribution in [0.5, 0.6) is 0 Å². The van der Waals surface area contributed by atoms with Crippen molar-refractivity contribution in [3.05, 3.63) is 54.6 Å². The highest BCUT2D eigenvalue weighted by atomic mass is 32.2. The summed E-state index contributed by atoms with van der Waals surface area (Å²) in [5, 5.41) is 4.64. The maximum Gasteiger partial charge on any atom is 0.264 e. The monoisotopic (exact) mass is 349 g/mol. The molecule has 0 atom stereocenters. The molecule has 4 rings (SSSR count). The van der Waals surface area contributed by atoms with Crippen LogP contribution in [-0.4, -0.2) is 25.2 Å². The first-order valence-electron chi connectivity index (χ1n) is 7.73. The molecule has 25 heavy (non-hydrogen) atoms. The molecule has 0 aliphatic carbocycles. The Morgan fingerprint density at radius 2 is 1.76 bits per heavy atom. The summed E-state index contributed by atoms with van der Waals surface area (Å²) < 4.78 is 28.9. The van der Waals surface area contributed by atoms with Crippen molar-refractivity contribution in [2.75, 3.05) is 11.4 Å². The second-order valence-corrected chi connectivity index (χ2v) is 7.68. The Hall–Kier alpha value is -3.04. The van der Waals surface area contributed by atoms with Crippen molar-refractivity contribution in [1.29, 1.82) is 0 Å². The average molecular weight is 349 g/mol. The predicted octanol–water partition coefficient (Wildman–Crippen LogP) is 2.99. The topological polar surface area (TPSA) is 55.2 Å². The number of aromatic nitrogens is 2. The van der Waals surface area contributed by atoms with Gasteiger partial charge in [-0.05, 0) is 6.07 Å². The van der Waals surface area contributed by atoms with Crippen LogP contribution in [0.25, 0.3) is 22.5 Å². The lowest BCUT2D eigenvalue weighted by Gasteiger charge is -2.26. The number of terminal acetylenes is 1. The molecule has 0 N–H and O–H groups in total. The van der Waals surface area contributed by atoms with Crippen LogP contribution in [0.3, 0.4) is 0 Å².